The highest BCUT2D eigenvalue weighted by Gasteiger charge is 2.31. The largest absolute Gasteiger partial charge is 0.478 e. The van der Waals surface area contributed by atoms with E-state index < -0.39 is 11.9 Å². The number of carboxylic acids is 1. The number of carbonyl (C=O) groups excluding carboxylic acids is 1. The SMILES string of the molecule is O=C(O)c1coc(C(=O)N[C@H]2CCO[C@H]2c2ccc(Cl)cc2)c1. The van der Waals surface area contributed by atoms with Gasteiger partial charge >= 0.3 is 5.97 Å². The summed E-state index contributed by atoms with van der Waals surface area (Å²) in [4.78, 5) is 23.0. The lowest BCUT2D eigenvalue weighted by Gasteiger charge is -2.19. The van der Waals surface area contributed by atoms with Crippen molar-refractivity contribution in [1.82, 2.24) is 5.32 Å². The molecule has 2 N–H and O–H groups in total. The fourth-order valence-electron chi connectivity index (χ4n) is 2.53. The van der Waals surface area contributed by atoms with Crippen LogP contribution < -0.4 is 5.32 Å². The van der Waals surface area contributed by atoms with Crippen molar-refractivity contribution in [1.29, 1.82) is 0 Å². The molecule has 7 heteroatoms. The Labute approximate surface area is 137 Å². The van der Waals surface area contributed by atoms with Gasteiger partial charge < -0.3 is 19.6 Å². The molecule has 0 bridgehead atoms. The Kier molecular flexibility index (Phi) is 4.36. The van der Waals surface area contributed by atoms with Gasteiger partial charge in [0.15, 0.2) is 5.76 Å². The molecular weight excluding hydrogens is 322 g/mol. The molecule has 0 radical (unpaired) electrons. The normalized spacial score (nSPS) is 20.4. The van der Waals surface area contributed by atoms with Crippen LogP contribution in [0.3, 0.4) is 0 Å². The van der Waals surface area contributed by atoms with Crippen LogP contribution in [0.5, 0.6) is 0 Å². The van der Waals surface area contributed by atoms with Crippen molar-refractivity contribution in [2.45, 2.75) is 18.6 Å². The second kappa shape index (κ2) is 6.44. The molecule has 120 valence electrons. The van der Waals surface area contributed by atoms with Gasteiger partial charge in [-0.05, 0) is 24.1 Å². The van der Waals surface area contributed by atoms with Crippen LogP contribution in [-0.4, -0.2) is 29.6 Å². The van der Waals surface area contributed by atoms with Gasteiger partial charge in [-0.3, -0.25) is 4.79 Å². The molecular formula is C16H14ClNO5. The van der Waals surface area contributed by atoms with Gasteiger partial charge in [0.1, 0.15) is 12.4 Å². The predicted molar refractivity (Wildman–Crippen MR) is 81.7 cm³/mol. The predicted octanol–water partition coefficient (Wildman–Crippen LogP) is 2.89. The summed E-state index contributed by atoms with van der Waals surface area (Å²) in [5.74, 6) is -1.65. The molecule has 1 aliphatic heterocycles. The molecule has 3 rings (SSSR count). The molecule has 23 heavy (non-hydrogen) atoms. The Morgan fingerprint density at radius 3 is 2.65 bits per heavy atom. The molecule has 1 saturated heterocycles. The van der Waals surface area contributed by atoms with Gasteiger partial charge in [-0.1, -0.05) is 23.7 Å². The number of carboxylic acid groups (broad SMARTS) is 1. The van der Waals surface area contributed by atoms with Crippen molar-refractivity contribution >= 4 is 23.5 Å². The highest BCUT2D eigenvalue weighted by Crippen LogP contribution is 2.30. The average molecular weight is 336 g/mol. The Hall–Kier alpha value is -2.31. The van der Waals surface area contributed by atoms with Gasteiger partial charge in [-0.25, -0.2) is 4.79 Å². The van der Waals surface area contributed by atoms with E-state index in [-0.39, 0.29) is 23.5 Å². The summed E-state index contributed by atoms with van der Waals surface area (Å²) in [6, 6.07) is 8.22. The number of halogens is 1. The number of benzene rings is 1. The zero-order valence-corrected chi connectivity index (χ0v) is 12.7. The third-order valence-corrected chi connectivity index (χ3v) is 3.93. The van der Waals surface area contributed by atoms with E-state index in [1.165, 1.54) is 6.07 Å². The Balaban J connectivity index is 1.71. The summed E-state index contributed by atoms with van der Waals surface area (Å²) in [7, 11) is 0. The third-order valence-electron chi connectivity index (χ3n) is 3.68. The van der Waals surface area contributed by atoms with E-state index in [2.05, 4.69) is 5.32 Å². The molecule has 0 saturated carbocycles. The summed E-state index contributed by atoms with van der Waals surface area (Å²) in [6.07, 6.45) is 1.43. The van der Waals surface area contributed by atoms with Crippen LogP contribution in [-0.2, 0) is 4.74 Å². The molecule has 1 aromatic carbocycles. The standard InChI is InChI=1S/C16H14ClNO5/c17-11-3-1-9(2-4-11)14-12(5-6-22-14)18-15(19)13-7-10(8-23-13)16(20)21/h1-4,7-8,12,14H,5-6H2,(H,18,19)(H,20,21)/t12-,14-/m0/s1. The van der Waals surface area contributed by atoms with Crippen molar-refractivity contribution in [2.24, 2.45) is 0 Å². The van der Waals surface area contributed by atoms with Crippen molar-refractivity contribution < 1.29 is 23.8 Å². The van der Waals surface area contributed by atoms with E-state index in [9.17, 15) is 9.59 Å². The first-order valence-corrected chi connectivity index (χ1v) is 7.42. The molecule has 1 aliphatic rings. The molecule has 1 aromatic heterocycles. The highest BCUT2D eigenvalue weighted by atomic mass is 35.5. The number of furan rings is 1. The highest BCUT2D eigenvalue weighted by molar-refractivity contribution is 6.30. The lowest BCUT2D eigenvalue weighted by Crippen LogP contribution is -2.36. The smallest absolute Gasteiger partial charge is 0.338 e. The van der Waals surface area contributed by atoms with Crippen molar-refractivity contribution in [2.75, 3.05) is 6.61 Å². The second-order valence-corrected chi connectivity index (χ2v) is 5.65. The first-order valence-electron chi connectivity index (χ1n) is 7.04. The van der Waals surface area contributed by atoms with Crippen LogP contribution >= 0.6 is 11.6 Å². The maximum atomic E-state index is 12.2. The zero-order valence-electron chi connectivity index (χ0n) is 12.0. The maximum Gasteiger partial charge on any atom is 0.338 e. The summed E-state index contributed by atoms with van der Waals surface area (Å²) in [6.45, 7) is 0.525. The molecule has 6 nitrogen and oxygen atoms in total. The summed E-state index contributed by atoms with van der Waals surface area (Å²) < 4.78 is 10.7. The van der Waals surface area contributed by atoms with Crippen LogP contribution in [0.1, 0.15) is 39.0 Å². The molecule has 0 aliphatic carbocycles. The first-order chi connectivity index (χ1) is 11.0. The molecule has 0 spiro atoms. The number of rotatable bonds is 4. The van der Waals surface area contributed by atoms with Gasteiger partial charge in [0.05, 0.1) is 11.6 Å². The van der Waals surface area contributed by atoms with Crippen LogP contribution in [0.15, 0.2) is 41.0 Å². The summed E-state index contributed by atoms with van der Waals surface area (Å²) in [5, 5.41) is 12.3. The molecule has 0 unspecified atom stereocenters. The fraction of sp³-hybridized carbons (Fsp3) is 0.250. The Bertz CT molecular complexity index is 724. The van der Waals surface area contributed by atoms with Gasteiger partial charge in [0.2, 0.25) is 0 Å². The van der Waals surface area contributed by atoms with E-state index in [1.807, 2.05) is 12.1 Å². The monoisotopic (exact) mass is 335 g/mol. The Morgan fingerprint density at radius 2 is 2.00 bits per heavy atom. The van der Waals surface area contributed by atoms with E-state index in [0.29, 0.717) is 18.1 Å². The van der Waals surface area contributed by atoms with E-state index in [0.717, 1.165) is 11.8 Å². The van der Waals surface area contributed by atoms with Gasteiger partial charge in [0.25, 0.3) is 5.91 Å². The van der Waals surface area contributed by atoms with Gasteiger partial charge in [-0.15, -0.1) is 0 Å². The minimum Gasteiger partial charge on any atom is -0.478 e. The first kappa shape index (κ1) is 15.6. The number of aromatic carboxylic acids is 1. The number of hydrogen-bond acceptors (Lipinski definition) is 4. The lowest BCUT2D eigenvalue weighted by molar-refractivity contribution is 0.0695. The Morgan fingerprint density at radius 1 is 1.26 bits per heavy atom. The lowest BCUT2D eigenvalue weighted by atomic mass is 10.0. The van der Waals surface area contributed by atoms with Crippen molar-refractivity contribution in [3.8, 4) is 0 Å². The average Bonchev–Trinajstić information content (AvgIpc) is 3.17. The quantitative estimate of drug-likeness (QED) is 0.896. The van der Waals surface area contributed by atoms with Crippen LogP contribution in [0.25, 0.3) is 0 Å². The zero-order chi connectivity index (χ0) is 16.4. The minimum atomic E-state index is -1.14. The fourth-order valence-corrected chi connectivity index (χ4v) is 2.65. The third kappa shape index (κ3) is 3.38. The van der Waals surface area contributed by atoms with E-state index >= 15 is 0 Å². The van der Waals surface area contributed by atoms with Crippen molar-refractivity contribution in [3.05, 3.63) is 58.5 Å². The molecule has 2 aromatic rings. The van der Waals surface area contributed by atoms with Crippen LogP contribution in [0, 0.1) is 0 Å². The number of ether oxygens (including phenoxy) is 1. The van der Waals surface area contributed by atoms with Crippen molar-refractivity contribution in [3.63, 3.8) is 0 Å². The number of carbonyl (C=O) groups is 2. The number of nitrogens with one attached hydrogen (secondary N) is 1. The summed E-state index contributed by atoms with van der Waals surface area (Å²) in [5.41, 5.74) is 0.856. The molecule has 1 fully saturated rings. The van der Waals surface area contributed by atoms with E-state index in [1.54, 1.807) is 12.1 Å². The maximum absolute atomic E-state index is 12.2. The van der Waals surface area contributed by atoms with Crippen LogP contribution in [0.2, 0.25) is 5.02 Å². The number of hydrogen-bond donors (Lipinski definition) is 2. The number of amides is 1. The van der Waals surface area contributed by atoms with E-state index in [4.69, 9.17) is 25.9 Å². The molecule has 2 atom stereocenters. The topological polar surface area (TPSA) is 88.8 Å². The van der Waals surface area contributed by atoms with Gasteiger partial charge in [-0.2, -0.15) is 0 Å². The summed E-state index contributed by atoms with van der Waals surface area (Å²) >= 11 is 5.88. The van der Waals surface area contributed by atoms with Crippen LogP contribution in [0.4, 0.5) is 0 Å². The molecule has 1 amide bonds. The minimum absolute atomic E-state index is 0.0378. The second-order valence-electron chi connectivity index (χ2n) is 5.22. The molecule has 2 heterocycles. The van der Waals surface area contributed by atoms with Gasteiger partial charge in [0, 0.05) is 17.7 Å².